The van der Waals surface area contributed by atoms with Crippen LogP contribution in [0.2, 0.25) is 0 Å². The highest BCUT2D eigenvalue weighted by Crippen LogP contribution is 2.31. The van der Waals surface area contributed by atoms with E-state index in [4.69, 9.17) is 10.4 Å². The molecule has 3 aromatic heterocycles. The van der Waals surface area contributed by atoms with Gasteiger partial charge in [0.15, 0.2) is 11.5 Å². The summed E-state index contributed by atoms with van der Waals surface area (Å²) in [6.07, 6.45) is 12.2. The van der Waals surface area contributed by atoms with Gasteiger partial charge < -0.3 is 16.0 Å². The average Bonchev–Trinajstić information content (AvgIpc) is 3.34. The molecular formula is C22H28N8S. The van der Waals surface area contributed by atoms with Gasteiger partial charge in [0.25, 0.3) is 0 Å². The third-order valence-electron chi connectivity index (χ3n) is 5.29. The number of anilines is 1. The van der Waals surface area contributed by atoms with Crippen molar-refractivity contribution in [1.29, 1.82) is 5.41 Å². The summed E-state index contributed by atoms with van der Waals surface area (Å²) in [4.78, 5) is 9.54. The molecular weight excluding hydrogens is 408 g/mol. The standard InChI is InChI=1S/C22H28N8S/c1-22(2,3)16(8-23)21(31)28-19-20-25-11-18(15-10-26-29(4)12-15)30(20)13-17(27-19)14-6-5-7-24-9-14/h6,8,10-13,23-24,31H,5,7,9H2,1-4H3,(H,27,28)/b21-16+,23-8?. The van der Waals surface area contributed by atoms with Gasteiger partial charge in [0, 0.05) is 43.3 Å². The lowest BCUT2D eigenvalue weighted by molar-refractivity contribution is 0.525. The van der Waals surface area contributed by atoms with Gasteiger partial charge >= 0.3 is 0 Å². The van der Waals surface area contributed by atoms with Gasteiger partial charge in [-0.1, -0.05) is 26.8 Å². The summed E-state index contributed by atoms with van der Waals surface area (Å²) < 4.78 is 3.82. The summed E-state index contributed by atoms with van der Waals surface area (Å²) in [6, 6.07) is 0. The molecule has 0 aromatic carbocycles. The van der Waals surface area contributed by atoms with Gasteiger partial charge in [0.05, 0.1) is 28.8 Å². The van der Waals surface area contributed by atoms with E-state index in [0.29, 0.717) is 16.5 Å². The Kier molecular flexibility index (Phi) is 5.72. The molecule has 0 fully saturated rings. The van der Waals surface area contributed by atoms with Crippen LogP contribution < -0.4 is 10.6 Å². The van der Waals surface area contributed by atoms with E-state index in [-0.39, 0.29) is 5.41 Å². The average molecular weight is 437 g/mol. The number of rotatable bonds is 5. The molecule has 0 spiro atoms. The number of hydrogen-bond donors (Lipinski definition) is 4. The van der Waals surface area contributed by atoms with Crippen molar-refractivity contribution in [3.8, 4) is 11.3 Å². The molecule has 0 aliphatic carbocycles. The summed E-state index contributed by atoms with van der Waals surface area (Å²) >= 11 is 4.68. The number of fused-ring (bicyclic) bond motifs is 1. The van der Waals surface area contributed by atoms with Crippen molar-refractivity contribution in [3.63, 3.8) is 0 Å². The predicted molar refractivity (Wildman–Crippen MR) is 129 cm³/mol. The Balaban J connectivity index is 1.89. The van der Waals surface area contributed by atoms with Gasteiger partial charge in [-0.2, -0.15) is 5.10 Å². The molecule has 4 rings (SSSR count). The third kappa shape index (κ3) is 4.28. The zero-order valence-electron chi connectivity index (χ0n) is 18.3. The highest BCUT2D eigenvalue weighted by Gasteiger charge is 2.21. The van der Waals surface area contributed by atoms with Gasteiger partial charge in [-0.25, -0.2) is 9.97 Å². The summed E-state index contributed by atoms with van der Waals surface area (Å²) in [7, 11) is 1.90. The lowest BCUT2D eigenvalue weighted by Gasteiger charge is -2.22. The number of nitrogens with one attached hydrogen (secondary N) is 3. The molecule has 1 aliphatic rings. The Bertz CT molecular complexity index is 1190. The van der Waals surface area contributed by atoms with Crippen molar-refractivity contribution in [2.45, 2.75) is 27.2 Å². The fraction of sp³-hybridized carbons (Fsp3) is 0.364. The van der Waals surface area contributed by atoms with Crippen LogP contribution in [0.15, 0.2) is 41.5 Å². The minimum absolute atomic E-state index is 0.230. The van der Waals surface area contributed by atoms with Crippen LogP contribution in [0.4, 0.5) is 5.82 Å². The van der Waals surface area contributed by atoms with Crippen molar-refractivity contribution in [1.82, 2.24) is 29.5 Å². The van der Waals surface area contributed by atoms with Gasteiger partial charge in [0.2, 0.25) is 0 Å². The molecule has 0 radical (unpaired) electrons. The van der Waals surface area contributed by atoms with Crippen LogP contribution in [0.25, 0.3) is 22.5 Å². The SMILES string of the molecule is Cn1cc(-c2cnc3c(N/C(S)=C(/C=N)C(C)(C)C)nc(C4=CCCNC4)cn23)cn1. The number of hydrogen-bond acceptors (Lipinski definition) is 7. The Hall–Kier alpha value is -2.91. The van der Waals surface area contributed by atoms with Crippen LogP contribution in [0.3, 0.4) is 0 Å². The second-order valence-corrected chi connectivity index (χ2v) is 9.14. The van der Waals surface area contributed by atoms with Crippen molar-refractivity contribution in [2.24, 2.45) is 12.5 Å². The summed E-state index contributed by atoms with van der Waals surface area (Å²) in [5, 5.41) is 19.5. The van der Waals surface area contributed by atoms with Crippen LogP contribution >= 0.6 is 12.6 Å². The van der Waals surface area contributed by atoms with Crippen LogP contribution in [0.1, 0.15) is 32.9 Å². The van der Waals surface area contributed by atoms with E-state index in [1.54, 1.807) is 4.68 Å². The normalized spacial score (nSPS) is 15.6. The molecule has 0 bridgehead atoms. The third-order valence-corrected chi connectivity index (χ3v) is 5.65. The molecule has 9 heteroatoms. The van der Waals surface area contributed by atoms with Crippen molar-refractivity contribution in [3.05, 3.63) is 47.2 Å². The molecule has 0 amide bonds. The van der Waals surface area contributed by atoms with Gasteiger partial charge in [-0.3, -0.25) is 9.08 Å². The van der Waals surface area contributed by atoms with Gasteiger partial charge in [-0.05, 0) is 24.0 Å². The maximum Gasteiger partial charge on any atom is 0.180 e. The van der Waals surface area contributed by atoms with E-state index in [1.165, 1.54) is 6.21 Å². The number of aromatic nitrogens is 5. The molecule has 0 unspecified atom stereocenters. The summed E-state index contributed by atoms with van der Waals surface area (Å²) in [5.74, 6) is 0.604. The van der Waals surface area contributed by atoms with Crippen molar-refractivity contribution in [2.75, 3.05) is 18.4 Å². The molecule has 0 atom stereocenters. The highest BCUT2D eigenvalue weighted by atomic mass is 32.1. The van der Waals surface area contributed by atoms with Crippen LogP contribution in [0.5, 0.6) is 0 Å². The van der Waals surface area contributed by atoms with Gasteiger partial charge in [-0.15, -0.1) is 12.6 Å². The zero-order valence-corrected chi connectivity index (χ0v) is 19.2. The van der Waals surface area contributed by atoms with Crippen molar-refractivity contribution < 1.29 is 0 Å². The monoisotopic (exact) mass is 436 g/mol. The largest absolute Gasteiger partial charge is 0.332 e. The highest BCUT2D eigenvalue weighted by molar-refractivity contribution is 7.84. The number of imidazole rings is 1. The number of nitrogens with zero attached hydrogens (tertiary/aromatic N) is 5. The quantitative estimate of drug-likeness (QED) is 0.361. The maximum absolute atomic E-state index is 7.86. The Labute approximate surface area is 187 Å². The molecule has 162 valence electrons. The molecule has 0 saturated carbocycles. The Morgan fingerprint density at radius 3 is 2.71 bits per heavy atom. The smallest absolute Gasteiger partial charge is 0.180 e. The first-order chi connectivity index (χ1) is 14.8. The molecule has 3 N–H and O–H groups in total. The van der Waals surface area contributed by atoms with E-state index in [1.807, 2.05) is 36.2 Å². The molecule has 3 aromatic rings. The topological polar surface area (TPSA) is 95.9 Å². The van der Waals surface area contributed by atoms with Crippen LogP contribution in [-0.2, 0) is 7.05 Å². The Morgan fingerprint density at radius 2 is 2.10 bits per heavy atom. The number of aryl methyl sites for hydroxylation is 1. The second kappa shape index (κ2) is 8.32. The minimum atomic E-state index is -0.230. The second-order valence-electron chi connectivity index (χ2n) is 8.69. The molecule has 1 aliphatic heterocycles. The fourth-order valence-corrected chi connectivity index (χ4v) is 4.16. The van der Waals surface area contributed by atoms with Crippen LogP contribution in [0, 0.1) is 10.8 Å². The van der Waals surface area contributed by atoms with E-state index in [9.17, 15) is 0 Å². The summed E-state index contributed by atoms with van der Waals surface area (Å²) in [6.45, 7) is 7.91. The zero-order chi connectivity index (χ0) is 22.2. The summed E-state index contributed by atoms with van der Waals surface area (Å²) in [5.41, 5.74) is 5.19. The van der Waals surface area contributed by atoms with Crippen molar-refractivity contribution >= 4 is 35.9 Å². The molecule has 0 saturated heterocycles. The van der Waals surface area contributed by atoms with E-state index in [0.717, 1.165) is 47.6 Å². The first kappa shape index (κ1) is 21.3. The van der Waals surface area contributed by atoms with Crippen LogP contribution in [-0.4, -0.2) is 43.5 Å². The van der Waals surface area contributed by atoms with E-state index < -0.39 is 0 Å². The Morgan fingerprint density at radius 1 is 1.29 bits per heavy atom. The first-order valence-electron chi connectivity index (χ1n) is 10.3. The lowest BCUT2D eigenvalue weighted by atomic mass is 9.88. The first-order valence-corrected chi connectivity index (χ1v) is 10.7. The minimum Gasteiger partial charge on any atom is -0.332 e. The maximum atomic E-state index is 7.86. The lowest BCUT2D eigenvalue weighted by Crippen LogP contribution is -2.22. The molecule has 31 heavy (non-hydrogen) atoms. The van der Waals surface area contributed by atoms with E-state index in [2.05, 4.69) is 60.2 Å². The molecule has 8 nitrogen and oxygen atoms in total. The molecule has 4 heterocycles. The number of allylic oxidation sites excluding steroid dienone is 1. The predicted octanol–water partition coefficient (Wildman–Crippen LogP) is 3.76. The number of thiol groups is 1. The van der Waals surface area contributed by atoms with E-state index >= 15 is 0 Å². The van der Waals surface area contributed by atoms with Gasteiger partial charge in [0.1, 0.15) is 0 Å². The fourth-order valence-electron chi connectivity index (χ4n) is 3.65.